The quantitative estimate of drug-likeness (QED) is 0.222. The Balaban J connectivity index is 1.49. The van der Waals surface area contributed by atoms with E-state index in [2.05, 4.69) is 114 Å². The van der Waals surface area contributed by atoms with Gasteiger partial charge in [-0.15, -0.1) is 0 Å². The Bertz CT molecular complexity index is 2230. The number of rotatable bonds is 4. The Labute approximate surface area is 264 Å². The topological polar surface area (TPSA) is 59.2 Å². The summed E-state index contributed by atoms with van der Waals surface area (Å²) in [5.41, 5.74) is 14.3. The molecule has 1 N–H and O–H groups in total. The molecule has 0 aliphatic heterocycles. The second kappa shape index (κ2) is 10.7. The highest BCUT2D eigenvalue weighted by Gasteiger charge is 2.21. The van der Waals surface area contributed by atoms with Crippen molar-refractivity contribution in [2.24, 2.45) is 0 Å². The summed E-state index contributed by atoms with van der Waals surface area (Å²) in [5, 5.41) is 11.8. The summed E-state index contributed by atoms with van der Waals surface area (Å²) in [5.74, 6) is 0.527. The fourth-order valence-corrected chi connectivity index (χ4v) is 6.33. The van der Waals surface area contributed by atoms with Gasteiger partial charge in [0.05, 0.1) is 11.1 Å². The Morgan fingerprint density at radius 1 is 0.622 bits per heavy atom. The van der Waals surface area contributed by atoms with Gasteiger partial charge in [0.25, 0.3) is 0 Å². The average Bonchev–Trinajstić information content (AvgIpc) is 3.44. The molecule has 0 saturated carbocycles. The first-order valence-corrected chi connectivity index (χ1v) is 15.4. The molecule has 0 spiro atoms. The average molecular weight is 589 g/mol. The SMILES string of the molecule is Cc1cccc(C)c1-c1cc(-c2cccc(-c3cc(C(C)(C)C)cc4c(C)ccnc34)c2)c2nc(-c3ccccc3O)oc2c1. The number of pyridine rings is 1. The van der Waals surface area contributed by atoms with Gasteiger partial charge in [-0.3, -0.25) is 4.98 Å². The van der Waals surface area contributed by atoms with E-state index < -0.39 is 0 Å². The minimum atomic E-state index is -0.0190. The Hall–Kier alpha value is -5.22. The molecule has 2 aromatic heterocycles. The van der Waals surface area contributed by atoms with Gasteiger partial charge in [-0.25, -0.2) is 4.98 Å². The number of phenolic OH excluding ortho intramolecular Hbond substituents is 1. The zero-order chi connectivity index (χ0) is 31.5. The summed E-state index contributed by atoms with van der Waals surface area (Å²) in [6.45, 7) is 13.2. The van der Waals surface area contributed by atoms with Gasteiger partial charge in [-0.1, -0.05) is 69.3 Å². The largest absolute Gasteiger partial charge is 0.507 e. The van der Waals surface area contributed by atoms with Gasteiger partial charge in [-0.2, -0.15) is 0 Å². The molecule has 0 radical (unpaired) electrons. The van der Waals surface area contributed by atoms with Crippen molar-refractivity contribution in [3.05, 3.63) is 126 Å². The standard InChI is InChI=1S/C41H36N2O2/c1-24-17-18-42-38-32(24)22-30(41(4,5)6)23-34(38)28-14-10-13-27(19-28)33-20-29(37-25(2)11-9-12-26(37)3)21-36-39(33)43-40(45-36)31-15-7-8-16-35(31)44/h7-23,44H,1-6H3. The Morgan fingerprint density at radius 2 is 1.31 bits per heavy atom. The molecule has 0 atom stereocenters. The molecule has 4 nitrogen and oxygen atoms in total. The Kier molecular flexibility index (Phi) is 6.81. The van der Waals surface area contributed by atoms with Crippen molar-refractivity contribution in [3.8, 4) is 50.6 Å². The maximum Gasteiger partial charge on any atom is 0.231 e. The van der Waals surface area contributed by atoms with E-state index in [1.165, 1.54) is 33.2 Å². The summed E-state index contributed by atoms with van der Waals surface area (Å²) in [7, 11) is 0. The number of hydrogen-bond donors (Lipinski definition) is 1. The maximum absolute atomic E-state index is 10.6. The lowest BCUT2D eigenvalue weighted by Crippen LogP contribution is -2.11. The molecular formula is C41H36N2O2. The summed E-state index contributed by atoms with van der Waals surface area (Å²) in [6, 6.07) is 33.1. The van der Waals surface area contributed by atoms with E-state index in [-0.39, 0.29) is 11.2 Å². The van der Waals surface area contributed by atoms with Crippen LogP contribution in [0.1, 0.15) is 43.0 Å². The molecule has 0 aliphatic rings. The van der Waals surface area contributed by atoms with Crippen molar-refractivity contribution in [2.45, 2.75) is 47.0 Å². The van der Waals surface area contributed by atoms with Crippen LogP contribution in [0.2, 0.25) is 0 Å². The van der Waals surface area contributed by atoms with Crippen LogP contribution >= 0.6 is 0 Å². The second-order valence-corrected chi connectivity index (χ2v) is 13.1. The van der Waals surface area contributed by atoms with Crippen LogP contribution in [0.3, 0.4) is 0 Å². The van der Waals surface area contributed by atoms with Gasteiger partial charge in [0.2, 0.25) is 5.89 Å². The highest BCUT2D eigenvalue weighted by atomic mass is 16.3. The van der Waals surface area contributed by atoms with Crippen molar-refractivity contribution in [2.75, 3.05) is 0 Å². The molecule has 0 unspecified atom stereocenters. The molecule has 0 aliphatic carbocycles. The van der Waals surface area contributed by atoms with Gasteiger partial charge in [0.1, 0.15) is 11.3 Å². The number of para-hydroxylation sites is 1. The first kappa shape index (κ1) is 28.5. The van der Waals surface area contributed by atoms with Crippen molar-refractivity contribution in [3.63, 3.8) is 0 Å². The van der Waals surface area contributed by atoms with E-state index in [0.29, 0.717) is 17.0 Å². The van der Waals surface area contributed by atoms with Gasteiger partial charge in [0, 0.05) is 22.7 Å². The second-order valence-electron chi connectivity index (χ2n) is 13.1. The van der Waals surface area contributed by atoms with E-state index in [1.807, 2.05) is 18.3 Å². The molecule has 2 heterocycles. The number of fused-ring (bicyclic) bond motifs is 2. The lowest BCUT2D eigenvalue weighted by molar-refractivity contribution is 0.474. The molecule has 45 heavy (non-hydrogen) atoms. The zero-order valence-corrected chi connectivity index (χ0v) is 26.6. The monoisotopic (exact) mass is 588 g/mol. The summed E-state index contributed by atoms with van der Waals surface area (Å²) in [4.78, 5) is 9.83. The van der Waals surface area contributed by atoms with Crippen molar-refractivity contribution >= 4 is 22.0 Å². The predicted octanol–water partition coefficient (Wildman–Crippen LogP) is 11.0. The first-order valence-electron chi connectivity index (χ1n) is 15.4. The van der Waals surface area contributed by atoms with E-state index in [9.17, 15) is 5.11 Å². The van der Waals surface area contributed by atoms with Crippen molar-refractivity contribution in [1.29, 1.82) is 0 Å². The number of aromatic hydroxyl groups is 1. The number of benzene rings is 5. The van der Waals surface area contributed by atoms with Crippen molar-refractivity contribution < 1.29 is 9.52 Å². The van der Waals surface area contributed by atoms with Gasteiger partial charge >= 0.3 is 0 Å². The van der Waals surface area contributed by atoms with Crippen LogP contribution in [0.5, 0.6) is 5.75 Å². The van der Waals surface area contributed by atoms with Crippen LogP contribution in [-0.2, 0) is 5.41 Å². The summed E-state index contributed by atoms with van der Waals surface area (Å²) < 4.78 is 6.40. The van der Waals surface area contributed by atoms with Crippen LogP contribution in [0.25, 0.3) is 66.8 Å². The van der Waals surface area contributed by atoms with E-state index in [4.69, 9.17) is 14.4 Å². The number of aromatic nitrogens is 2. The van der Waals surface area contributed by atoms with E-state index in [0.717, 1.165) is 38.9 Å². The highest BCUT2D eigenvalue weighted by Crippen LogP contribution is 2.41. The van der Waals surface area contributed by atoms with Gasteiger partial charge in [-0.05, 0) is 119 Å². The molecule has 0 fully saturated rings. The fraction of sp³-hybridized carbons (Fsp3) is 0.171. The molecule has 0 bridgehead atoms. The van der Waals surface area contributed by atoms with E-state index in [1.54, 1.807) is 12.1 Å². The maximum atomic E-state index is 10.6. The van der Waals surface area contributed by atoms with Crippen LogP contribution in [0.15, 0.2) is 108 Å². The number of hydrogen-bond acceptors (Lipinski definition) is 4. The third-order valence-corrected chi connectivity index (χ3v) is 8.81. The zero-order valence-electron chi connectivity index (χ0n) is 26.6. The number of aryl methyl sites for hydroxylation is 3. The normalized spacial score (nSPS) is 11.9. The minimum Gasteiger partial charge on any atom is -0.507 e. The van der Waals surface area contributed by atoms with Crippen LogP contribution < -0.4 is 0 Å². The number of oxazole rings is 1. The third-order valence-electron chi connectivity index (χ3n) is 8.81. The molecule has 7 rings (SSSR count). The number of phenols is 1. The fourth-order valence-electron chi connectivity index (χ4n) is 6.33. The van der Waals surface area contributed by atoms with Gasteiger partial charge in [0.15, 0.2) is 5.58 Å². The predicted molar refractivity (Wildman–Crippen MR) is 186 cm³/mol. The molecule has 4 heteroatoms. The van der Waals surface area contributed by atoms with Crippen LogP contribution in [-0.4, -0.2) is 15.1 Å². The molecule has 0 saturated heterocycles. The highest BCUT2D eigenvalue weighted by molar-refractivity contribution is 6.00. The van der Waals surface area contributed by atoms with Gasteiger partial charge < -0.3 is 9.52 Å². The van der Waals surface area contributed by atoms with Crippen molar-refractivity contribution in [1.82, 2.24) is 9.97 Å². The molecule has 5 aromatic carbocycles. The van der Waals surface area contributed by atoms with E-state index >= 15 is 0 Å². The summed E-state index contributed by atoms with van der Waals surface area (Å²) in [6.07, 6.45) is 1.90. The first-order chi connectivity index (χ1) is 21.6. The molecule has 0 amide bonds. The Morgan fingerprint density at radius 3 is 2.02 bits per heavy atom. The molecular weight excluding hydrogens is 552 g/mol. The molecule has 222 valence electrons. The smallest absolute Gasteiger partial charge is 0.231 e. The minimum absolute atomic E-state index is 0.0190. The lowest BCUT2D eigenvalue weighted by Gasteiger charge is -2.22. The molecule has 7 aromatic rings. The van der Waals surface area contributed by atoms with Crippen LogP contribution in [0.4, 0.5) is 0 Å². The lowest BCUT2D eigenvalue weighted by atomic mass is 9.83. The number of nitrogens with zero attached hydrogens (tertiary/aromatic N) is 2. The summed E-state index contributed by atoms with van der Waals surface area (Å²) >= 11 is 0. The third kappa shape index (κ3) is 5.06. The van der Waals surface area contributed by atoms with Crippen LogP contribution in [0, 0.1) is 20.8 Å².